The van der Waals surface area contributed by atoms with Crippen molar-refractivity contribution < 1.29 is 9.90 Å². The molecule has 116 valence electrons. The molecule has 1 fully saturated rings. The van der Waals surface area contributed by atoms with Crippen molar-refractivity contribution in [2.45, 2.75) is 32.1 Å². The van der Waals surface area contributed by atoms with Gasteiger partial charge in [-0.3, -0.25) is 0 Å². The number of nitrogens with zero attached hydrogens (tertiary/aromatic N) is 2. The first kappa shape index (κ1) is 14.1. The number of rotatable bonds is 2. The molecule has 4 heteroatoms. The Labute approximate surface area is 134 Å². The fourth-order valence-corrected chi connectivity index (χ4v) is 3.57. The largest absolute Gasteiger partial charge is 0.478 e. The maximum Gasteiger partial charge on any atom is 0.337 e. The Bertz CT molecular complexity index is 846. The van der Waals surface area contributed by atoms with Crippen LogP contribution in [-0.2, 0) is 0 Å². The van der Waals surface area contributed by atoms with Gasteiger partial charge in [0.25, 0.3) is 0 Å². The standard InChI is InChI=1S/C19H18N2O2/c22-19(23)14-8-4-10-16-18(14)21-17-13(7-3-9-15(17)20-16)11-12-5-1-2-6-12/h3-4,8-12H,1-2,5-7H2,(H,22,23). The summed E-state index contributed by atoms with van der Waals surface area (Å²) >= 11 is 0. The summed E-state index contributed by atoms with van der Waals surface area (Å²) in [5.41, 5.74) is 4.20. The summed E-state index contributed by atoms with van der Waals surface area (Å²) in [4.78, 5) is 20.8. The summed E-state index contributed by atoms with van der Waals surface area (Å²) < 4.78 is 0. The van der Waals surface area contributed by atoms with Crippen LogP contribution in [-0.4, -0.2) is 21.0 Å². The van der Waals surface area contributed by atoms with Crippen LogP contribution in [0.4, 0.5) is 0 Å². The zero-order valence-electron chi connectivity index (χ0n) is 12.8. The van der Waals surface area contributed by atoms with Crippen molar-refractivity contribution in [3.63, 3.8) is 0 Å². The van der Waals surface area contributed by atoms with Crippen LogP contribution in [0, 0.1) is 5.92 Å². The van der Waals surface area contributed by atoms with E-state index in [-0.39, 0.29) is 5.56 Å². The molecule has 23 heavy (non-hydrogen) atoms. The van der Waals surface area contributed by atoms with Crippen LogP contribution in [0.2, 0.25) is 0 Å². The molecule has 0 saturated heterocycles. The average molecular weight is 306 g/mol. The van der Waals surface area contributed by atoms with E-state index in [4.69, 9.17) is 4.98 Å². The molecule has 2 aromatic rings. The van der Waals surface area contributed by atoms with Crippen molar-refractivity contribution in [3.8, 4) is 0 Å². The van der Waals surface area contributed by atoms with Gasteiger partial charge in [-0.2, -0.15) is 0 Å². The quantitative estimate of drug-likeness (QED) is 0.897. The van der Waals surface area contributed by atoms with E-state index in [9.17, 15) is 9.90 Å². The Morgan fingerprint density at radius 3 is 2.83 bits per heavy atom. The summed E-state index contributed by atoms with van der Waals surface area (Å²) in [5.74, 6) is -0.339. The minimum atomic E-state index is -0.961. The van der Waals surface area contributed by atoms with Crippen molar-refractivity contribution in [3.05, 3.63) is 47.3 Å². The maximum atomic E-state index is 11.4. The van der Waals surface area contributed by atoms with Gasteiger partial charge >= 0.3 is 5.97 Å². The van der Waals surface area contributed by atoms with Crippen LogP contribution in [0.25, 0.3) is 22.7 Å². The zero-order chi connectivity index (χ0) is 15.8. The van der Waals surface area contributed by atoms with E-state index in [1.165, 1.54) is 31.3 Å². The van der Waals surface area contributed by atoms with E-state index < -0.39 is 5.97 Å². The number of carboxylic acid groups (broad SMARTS) is 1. The first-order valence-electron chi connectivity index (χ1n) is 8.14. The third kappa shape index (κ3) is 2.54. The van der Waals surface area contributed by atoms with E-state index in [2.05, 4.69) is 17.1 Å². The average Bonchev–Trinajstić information content (AvgIpc) is 3.06. The number of carboxylic acids is 1. The number of carbonyl (C=O) groups is 1. The number of fused-ring (bicyclic) bond motifs is 2. The molecule has 1 aromatic carbocycles. The second-order valence-electron chi connectivity index (χ2n) is 6.28. The van der Waals surface area contributed by atoms with Gasteiger partial charge in [-0.25, -0.2) is 14.8 Å². The van der Waals surface area contributed by atoms with Gasteiger partial charge in [-0.15, -0.1) is 0 Å². The molecule has 1 heterocycles. The summed E-state index contributed by atoms with van der Waals surface area (Å²) in [6.07, 6.45) is 12.4. The lowest BCUT2D eigenvalue weighted by Crippen LogP contribution is -2.06. The zero-order valence-corrected chi connectivity index (χ0v) is 12.8. The Morgan fingerprint density at radius 1 is 1.22 bits per heavy atom. The molecule has 4 rings (SSSR count). The van der Waals surface area contributed by atoms with Crippen LogP contribution >= 0.6 is 0 Å². The number of benzene rings is 1. The third-order valence-corrected chi connectivity index (χ3v) is 4.71. The number of hydrogen-bond donors (Lipinski definition) is 1. The van der Waals surface area contributed by atoms with Crippen LogP contribution < -0.4 is 0 Å². The summed E-state index contributed by atoms with van der Waals surface area (Å²) in [6.45, 7) is 0. The fraction of sp³-hybridized carbons (Fsp3) is 0.316. The molecule has 0 atom stereocenters. The van der Waals surface area contributed by atoms with E-state index in [1.54, 1.807) is 12.1 Å². The molecular weight excluding hydrogens is 288 g/mol. The van der Waals surface area contributed by atoms with Crippen LogP contribution in [0.1, 0.15) is 53.8 Å². The Kier molecular flexibility index (Phi) is 3.45. The Morgan fingerprint density at radius 2 is 2.04 bits per heavy atom. The fourth-order valence-electron chi connectivity index (χ4n) is 3.57. The molecular formula is C19H18N2O2. The normalized spacial score (nSPS) is 19.4. The smallest absolute Gasteiger partial charge is 0.337 e. The van der Waals surface area contributed by atoms with Gasteiger partial charge in [0.05, 0.1) is 22.5 Å². The monoisotopic (exact) mass is 306 g/mol. The second-order valence-corrected chi connectivity index (χ2v) is 6.28. The molecule has 0 unspecified atom stereocenters. The molecule has 0 amide bonds. The lowest BCUT2D eigenvalue weighted by molar-refractivity contribution is 0.0699. The van der Waals surface area contributed by atoms with Gasteiger partial charge in [0.15, 0.2) is 0 Å². The molecule has 1 aromatic heterocycles. The van der Waals surface area contributed by atoms with Crippen molar-refractivity contribution in [1.82, 2.24) is 9.97 Å². The van der Waals surface area contributed by atoms with Gasteiger partial charge in [-0.1, -0.05) is 31.1 Å². The molecule has 1 saturated carbocycles. The Balaban J connectivity index is 1.88. The van der Waals surface area contributed by atoms with Crippen LogP contribution in [0.3, 0.4) is 0 Å². The van der Waals surface area contributed by atoms with Crippen molar-refractivity contribution in [1.29, 1.82) is 0 Å². The summed E-state index contributed by atoms with van der Waals surface area (Å²) in [6, 6.07) is 5.12. The van der Waals surface area contributed by atoms with Gasteiger partial charge in [0.1, 0.15) is 5.52 Å². The van der Waals surface area contributed by atoms with Crippen LogP contribution in [0.5, 0.6) is 0 Å². The van der Waals surface area contributed by atoms with E-state index in [0.717, 1.165) is 17.8 Å². The molecule has 0 spiro atoms. The van der Waals surface area contributed by atoms with E-state index >= 15 is 0 Å². The maximum absolute atomic E-state index is 11.4. The number of aromatic nitrogens is 2. The number of allylic oxidation sites excluding steroid dienone is 3. The lowest BCUT2D eigenvalue weighted by atomic mass is 9.95. The van der Waals surface area contributed by atoms with E-state index in [1.807, 2.05) is 12.1 Å². The minimum Gasteiger partial charge on any atom is -0.478 e. The second kappa shape index (κ2) is 5.61. The Hall–Kier alpha value is -2.49. The lowest BCUT2D eigenvalue weighted by Gasteiger charge is -2.16. The number of hydrogen-bond acceptors (Lipinski definition) is 3. The SMILES string of the molecule is O=C(O)c1cccc2nc3c(nc12)C(=CC1CCCC1)CC=C3. The molecule has 4 nitrogen and oxygen atoms in total. The highest BCUT2D eigenvalue weighted by Crippen LogP contribution is 2.34. The van der Waals surface area contributed by atoms with Gasteiger partial charge in [0.2, 0.25) is 0 Å². The van der Waals surface area contributed by atoms with Gasteiger partial charge in [-0.05, 0) is 49.0 Å². The van der Waals surface area contributed by atoms with Gasteiger partial charge in [0, 0.05) is 0 Å². The summed E-state index contributed by atoms with van der Waals surface area (Å²) in [7, 11) is 0. The number of aromatic carboxylic acids is 1. The van der Waals surface area contributed by atoms with Crippen molar-refractivity contribution >= 4 is 28.7 Å². The van der Waals surface area contributed by atoms with E-state index in [0.29, 0.717) is 17.0 Å². The van der Waals surface area contributed by atoms with Crippen molar-refractivity contribution in [2.24, 2.45) is 5.92 Å². The molecule has 2 aliphatic carbocycles. The van der Waals surface area contributed by atoms with Crippen molar-refractivity contribution in [2.75, 3.05) is 0 Å². The highest BCUT2D eigenvalue weighted by Gasteiger charge is 2.20. The highest BCUT2D eigenvalue weighted by atomic mass is 16.4. The summed E-state index contributed by atoms with van der Waals surface area (Å²) in [5, 5.41) is 9.39. The third-order valence-electron chi connectivity index (χ3n) is 4.71. The predicted molar refractivity (Wildman–Crippen MR) is 90.1 cm³/mol. The predicted octanol–water partition coefficient (Wildman–Crippen LogP) is 4.32. The van der Waals surface area contributed by atoms with Gasteiger partial charge < -0.3 is 5.11 Å². The topological polar surface area (TPSA) is 63.1 Å². The van der Waals surface area contributed by atoms with Crippen LogP contribution in [0.15, 0.2) is 30.4 Å². The first-order valence-corrected chi connectivity index (χ1v) is 8.14. The minimum absolute atomic E-state index is 0.215. The molecule has 1 N–H and O–H groups in total. The first-order chi connectivity index (χ1) is 11.2. The molecule has 0 radical (unpaired) electrons. The molecule has 0 aliphatic heterocycles. The molecule has 0 bridgehead atoms. The highest BCUT2D eigenvalue weighted by molar-refractivity contribution is 6.01. The number of para-hydroxylation sites is 1. The molecule has 2 aliphatic rings.